The first-order valence-electron chi connectivity index (χ1n) is 12.4. The summed E-state index contributed by atoms with van der Waals surface area (Å²) in [5.74, 6) is 0.688. The highest BCUT2D eigenvalue weighted by atomic mass is 32.2. The molecule has 0 spiro atoms. The van der Waals surface area contributed by atoms with Crippen molar-refractivity contribution < 1.29 is 13.2 Å². The van der Waals surface area contributed by atoms with E-state index < -0.39 is 10.0 Å². The first kappa shape index (κ1) is 26.4. The van der Waals surface area contributed by atoms with Crippen molar-refractivity contribution in [2.24, 2.45) is 17.9 Å². The molecule has 2 aromatic heterocycles. The number of sulfonamides is 1. The van der Waals surface area contributed by atoms with E-state index in [2.05, 4.69) is 50.4 Å². The van der Waals surface area contributed by atoms with E-state index in [-0.39, 0.29) is 33.4 Å². The second-order valence-electron chi connectivity index (χ2n) is 11.9. The van der Waals surface area contributed by atoms with Gasteiger partial charge in [-0.05, 0) is 72.4 Å². The number of aryl methyl sites for hydroxylation is 1. The lowest BCUT2D eigenvalue weighted by molar-refractivity contribution is 0.170. The van der Waals surface area contributed by atoms with Crippen LogP contribution in [0.1, 0.15) is 71.1 Å². The van der Waals surface area contributed by atoms with Crippen LogP contribution in [0.2, 0.25) is 0 Å². The van der Waals surface area contributed by atoms with Crippen molar-refractivity contribution in [2.75, 3.05) is 7.11 Å². The van der Waals surface area contributed by atoms with E-state index in [1.54, 1.807) is 43.0 Å². The van der Waals surface area contributed by atoms with E-state index in [1.165, 1.54) is 0 Å². The number of nitrogens with one attached hydrogen (secondary N) is 2. The van der Waals surface area contributed by atoms with Gasteiger partial charge < -0.3 is 9.72 Å². The van der Waals surface area contributed by atoms with Gasteiger partial charge in [0.25, 0.3) is 0 Å². The number of pyridine rings is 1. The SMILES string of the molecule is COc1ccc(S(=O)(=O)NC2CC(c3cc(CC(C)(C)C)c4[nH]c(=O)n(C)c4n3)CCC2(C)C)cc1. The Morgan fingerprint density at radius 1 is 1.22 bits per heavy atom. The molecule has 3 aromatic rings. The van der Waals surface area contributed by atoms with Crippen LogP contribution in [0, 0.1) is 10.8 Å². The first-order valence-corrected chi connectivity index (χ1v) is 13.9. The Bertz CT molecular complexity index is 1410. The standard InChI is InChI=1S/C27H38N4O4S/c1-26(2,3)16-18-14-21(28-24-23(18)29-25(32)31(24)6)17-12-13-27(4,5)22(15-17)30-36(33,34)20-10-8-19(35-7)9-11-20/h8-11,14,17,22,30H,12-13,15-16H2,1-7H3,(H,29,32). The van der Waals surface area contributed by atoms with Gasteiger partial charge in [0.15, 0.2) is 5.65 Å². The maximum atomic E-state index is 13.3. The Hall–Kier alpha value is -2.65. The summed E-state index contributed by atoms with van der Waals surface area (Å²) >= 11 is 0. The van der Waals surface area contributed by atoms with Crippen LogP contribution in [0.4, 0.5) is 0 Å². The molecular formula is C27H38N4O4S. The monoisotopic (exact) mass is 514 g/mol. The molecule has 2 atom stereocenters. The van der Waals surface area contributed by atoms with E-state index in [0.717, 1.165) is 36.0 Å². The van der Waals surface area contributed by atoms with Crippen LogP contribution in [-0.4, -0.2) is 36.1 Å². The molecule has 0 radical (unpaired) electrons. The van der Waals surface area contributed by atoms with Gasteiger partial charge in [0.2, 0.25) is 10.0 Å². The van der Waals surface area contributed by atoms with Gasteiger partial charge in [0.1, 0.15) is 5.75 Å². The maximum Gasteiger partial charge on any atom is 0.327 e. The third-order valence-corrected chi connectivity index (χ3v) is 8.85. The molecule has 0 bridgehead atoms. The van der Waals surface area contributed by atoms with Gasteiger partial charge >= 0.3 is 5.69 Å². The van der Waals surface area contributed by atoms with Crippen molar-refractivity contribution in [2.45, 2.75) is 77.2 Å². The minimum atomic E-state index is -3.71. The molecule has 1 aliphatic carbocycles. The minimum Gasteiger partial charge on any atom is -0.497 e. The fourth-order valence-corrected chi connectivity index (χ4v) is 6.54. The molecule has 1 aliphatic rings. The van der Waals surface area contributed by atoms with Gasteiger partial charge in [-0.1, -0.05) is 34.6 Å². The highest BCUT2D eigenvalue weighted by Gasteiger charge is 2.40. The fourth-order valence-electron chi connectivity index (χ4n) is 5.12. The normalized spacial score (nSPS) is 20.5. The topological polar surface area (TPSA) is 106 Å². The van der Waals surface area contributed by atoms with Crippen molar-refractivity contribution >= 4 is 21.2 Å². The lowest BCUT2D eigenvalue weighted by atomic mass is 9.69. The lowest BCUT2D eigenvalue weighted by Gasteiger charge is -2.42. The molecule has 196 valence electrons. The average Bonchev–Trinajstić information content (AvgIpc) is 3.08. The third kappa shape index (κ3) is 5.37. The second kappa shape index (κ2) is 9.34. The zero-order valence-corrected chi connectivity index (χ0v) is 23.1. The predicted molar refractivity (Wildman–Crippen MR) is 142 cm³/mol. The maximum absolute atomic E-state index is 13.3. The fraction of sp³-hybridized carbons (Fsp3) is 0.556. The van der Waals surface area contributed by atoms with Crippen molar-refractivity contribution in [1.82, 2.24) is 19.3 Å². The highest BCUT2D eigenvalue weighted by Crippen LogP contribution is 2.43. The molecule has 8 nitrogen and oxygen atoms in total. The van der Waals surface area contributed by atoms with Crippen LogP contribution in [0.5, 0.6) is 5.75 Å². The van der Waals surface area contributed by atoms with Gasteiger partial charge in [-0.15, -0.1) is 0 Å². The van der Waals surface area contributed by atoms with E-state index in [1.807, 2.05) is 0 Å². The molecule has 0 amide bonds. The van der Waals surface area contributed by atoms with Crippen molar-refractivity contribution in [3.8, 4) is 5.75 Å². The van der Waals surface area contributed by atoms with Crippen LogP contribution in [0.25, 0.3) is 11.2 Å². The van der Waals surface area contributed by atoms with Crippen molar-refractivity contribution in [3.05, 3.63) is 52.1 Å². The largest absolute Gasteiger partial charge is 0.497 e. The van der Waals surface area contributed by atoms with Crippen molar-refractivity contribution in [1.29, 1.82) is 0 Å². The molecule has 1 saturated carbocycles. The summed E-state index contributed by atoms with van der Waals surface area (Å²) in [6.45, 7) is 10.7. The zero-order valence-electron chi connectivity index (χ0n) is 22.3. The number of aromatic amines is 1. The molecule has 1 aromatic carbocycles. The number of aromatic nitrogens is 3. The number of ether oxygens (including phenoxy) is 1. The molecule has 1 fully saturated rings. The summed E-state index contributed by atoms with van der Waals surface area (Å²) in [6, 6.07) is 8.29. The van der Waals surface area contributed by atoms with Gasteiger partial charge in [0, 0.05) is 24.7 Å². The molecule has 36 heavy (non-hydrogen) atoms. The summed E-state index contributed by atoms with van der Waals surface area (Å²) in [6.07, 6.45) is 3.19. The number of H-pyrrole nitrogens is 1. The van der Waals surface area contributed by atoms with E-state index in [9.17, 15) is 13.2 Å². The van der Waals surface area contributed by atoms with Crippen LogP contribution in [-0.2, 0) is 23.5 Å². The van der Waals surface area contributed by atoms with Crippen LogP contribution in [0.15, 0.2) is 40.0 Å². The van der Waals surface area contributed by atoms with Crippen LogP contribution in [0.3, 0.4) is 0 Å². The third-order valence-electron chi connectivity index (χ3n) is 7.36. The van der Waals surface area contributed by atoms with Gasteiger partial charge in [-0.3, -0.25) is 4.57 Å². The molecule has 2 N–H and O–H groups in total. The van der Waals surface area contributed by atoms with Crippen molar-refractivity contribution in [3.63, 3.8) is 0 Å². The Morgan fingerprint density at radius 3 is 2.50 bits per heavy atom. The second-order valence-corrected chi connectivity index (χ2v) is 13.7. The molecule has 0 aliphatic heterocycles. The Labute approximate surface area is 213 Å². The summed E-state index contributed by atoms with van der Waals surface area (Å²) in [5, 5.41) is 0. The number of imidazole rings is 1. The average molecular weight is 515 g/mol. The van der Waals surface area contributed by atoms with E-state index in [4.69, 9.17) is 9.72 Å². The molecule has 2 heterocycles. The number of methoxy groups -OCH3 is 1. The summed E-state index contributed by atoms with van der Waals surface area (Å²) in [7, 11) is -0.426. The predicted octanol–water partition coefficient (Wildman–Crippen LogP) is 4.50. The number of fused-ring (bicyclic) bond motifs is 1. The number of hydrogen-bond acceptors (Lipinski definition) is 5. The van der Waals surface area contributed by atoms with Crippen LogP contribution < -0.4 is 15.1 Å². The lowest BCUT2D eigenvalue weighted by Crippen LogP contribution is -2.48. The molecule has 2 unspecified atom stereocenters. The Balaban J connectivity index is 1.67. The smallest absolute Gasteiger partial charge is 0.327 e. The molecule has 0 saturated heterocycles. The summed E-state index contributed by atoms with van der Waals surface area (Å²) < 4.78 is 36.2. The van der Waals surface area contributed by atoms with E-state index in [0.29, 0.717) is 17.8 Å². The number of benzene rings is 1. The number of rotatable bonds is 6. The number of nitrogens with zero attached hydrogens (tertiary/aromatic N) is 2. The quantitative estimate of drug-likeness (QED) is 0.504. The van der Waals surface area contributed by atoms with Gasteiger partial charge in [0.05, 0.1) is 17.5 Å². The zero-order chi connectivity index (χ0) is 26.5. The summed E-state index contributed by atoms with van der Waals surface area (Å²) in [4.78, 5) is 20.5. The Kier molecular flexibility index (Phi) is 6.85. The van der Waals surface area contributed by atoms with E-state index >= 15 is 0 Å². The Morgan fingerprint density at radius 2 is 1.89 bits per heavy atom. The molecule has 4 rings (SSSR count). The summed E-state index contributed by atoms with van der Waals surface area (Å²) in [5.41, 5.74) is 3.06. The first-order chi connectivity index (χ1) is 16.7. The molecular weight excluding hydrogens is 476 g/mol. The minimum absolute atomic E-state index is 0.0311. The number of hydrogen-bond donors (Lipinski definition) is 2. The van der Waals surface area contributed by atoms with Gasteiger partial charge in [-0.2, -0.15) is 0 Å². The highest BCUT2D eigenvalue weighted by molar-refractivity contribution is 7.89. The van der Waals surface area contributed by atoms with Gasteiger partial charge in [-0.25, -0.2) is 22.9 Å². The molecule has 9 heteroatoms. The van der Waals surface area contributed by atoms with Crippen LogP contribution >= 0.6 is 0 Å².